The number of carbonyl (C=O) groups is 1. The lowest BCUT2D eigenvalue weighted by Crippen LogP contribution is -2.23. The average molecular weight is 353 g/mol. The molecule has 0 aliphatic rings. The Morgan fingerprint density at radius 1 is 1.12 bits per heavy atom. The fourth-order valence-electron chi connectivity index (χ4n) is 2.04. The number of thioether (sulfide) groups is 1. The van der Waals surface area contributed by atoms with E-state index in [1.165, 1.54) is 11.6 Å². The van der Waals surface area contributed by atoms with Crippen LogP contribution in [0.1, 0.15) is 23.1 Å². The SMILES string of the molecule is Cc1ccc(SCCC(=O)NCc2cccc(C(F)(F)F)c2)cc1. The van der Waals surface area contributed by atoms with E-state index in [-0.39, 0.29) is 12.5 Å². The first-order chi connectivity index (χ1) is 11.3. The Hall–Kier alpha value is -1.95. The van der Waals surface area contributed by atoms with Gasteiger partial charge in [0.15, 0.2) is 0 Å². The minimum absolute atomic E-state index is 0.0952. The molecule has 128 valence electrons. The predicted octanol–water partition coefficient (Wildman–Crippen LogP) is 4.81. The first-order valence-corrected chi connectivity index (χ1v) is 8.45. The molecule has 0 aromatic heterocycles. The van der Waals surface area contributed by atoms with E-state index in [2.05, 4.69) is 5.32 Å². The number of aryl methyl sites for hydroxylation is 1. The number of nitrogens with one attached hydrogen (secondary N) is 1. The maximum Gasteiger partial charge on any atom is 0.416 e. The summed E-state index contributed by atoms with van der Waals surface area (Å²) < 4.78 is 37.9. The van der Waals surface area contributed by atoms with E-state index in [1.807, 2.05) is 31.2 Å². The lowest BCUT2D eigenvalue weighted by atomic mass is 10.1. The molecule has 0 spiro atoms. The molecule has 0 fully saturated rings. The van der Waals surface area contributed by atoms with E-state index in [9.17, 15) is 18.0 Å². The van der Waals surface area contributed by atoms with E-state index in [0.717, 1.165) is 17.0 Å². The quantitative estimate of drug-likeness (QED) is 0.755. The van der Waals surface area contributed by atoms with Gasteiger partial charge in [-0.05, 0) is 36.8 Å². The fourth-order valence-corrected chi connectivity index (χ4v) is 2.89. The minimum Gasteiger partial charge on any atom is -0.352 e. The zero-order chi connectivity index (χ0) is 17.6. The topological polar surface area (TPSA) is 29.1 Å². The van der Waals surface area contributed by atoms with Crippen molar-refractivity contribution in [2.75, 3.05) is 5.75 Å². The second-order valence-electron chi connectivity index (χ2n) is 5.39. The van der Waals surface area contributed by atoms with Gasteiger partial charge in [-0.15, -0.1) is 11.8 Å². The Labute approximate surface area is 143 Å². The number of amides is 1. The van der Waals surface area contributed by atoms with Crippen LogP contribution in [0.25, 0.3) is 0 Å². The van der Waals surface area contributed by atoms with Crippen LogP contribution in [0.5, 0.6) is 0 Å². The van der Waals surface area contributed by atoms with E-state index in [1.54, 1.807) is 17.8 Å². The van der Waals surface area contributed by atoms with Crippen molar-refractivity contribution in [2.24, 2.45) is 0 Å². The summed E-state index contributed by atoms with van der Waals surface area (Å²) in [5, 5.41) is 2.65. The maximum atomic E-state index is 12.6. The highest BCUT2D eigenvalue weighted by Crippen LogP contribution is 2.29. The molecule has 0 aliphatic carbocycles. The van der Waals surface area contributed by atoms with E-state index in [4.69, 9.17) is 0 Å². The van der Waals surface area contributed by atoms with Crippen molar-refractivity contribution in [3.05, 3.63) is 65.2 Å². The summed E-state index contributed by atoms with van der Waals surface area (Å²) in [5.74, 6) is 0.448. The van der Waals surface area contributed by atoms with Gasteiger partial charge in [-0.25, -0.2) is 0 Å². The first-order valence-electron chi connectivity index (χ1n) is 7.47. The van der Waals surface area contributed by atoms with Crippen molar-refractivity contribution in [1.29, 1.82) is 0 Å². The Kier molecular flexibility index (Phi) is 6.31. The van der Waals surface area contributed by atoms with Crippen LogP contribution in [-0.4, -0.2) is 11.7 Å². The largest absolute Gasteiger partial charge is 0.416 e. The van der Waals surface area contributed by atoms with Crippen LogP contribution in [0.2, 0.25) is 0 Å². The standard InChI is InChI=1S/C18H18F3NOS/c1-13-5-7-16(8-6-13)24-10-9-17(23)22-12-14-3-2-4-15(11-14)18(19,20)21/h2-8,11H,9-10,12H2,1H3,(H,22,23). The number of alkyl halides is 3. The van der Waals surface area contributed by atoms with Gasteiger partial charge in [0.25, 0.3) is 0 Å². The van der Waals surface area contributed by atoms with Gasteiger partial charge in [0, 0.05) is 23.6 Å². The van der Waals surface area contributed by atoms with Gasteiger partial charge in [-0.2, -0.15) is 13.2 Å². The van der Waals surface area contributed by atoms with Gasteiger partial charge in [-0.3, -0.25) is 4.79 Å². The molecule has 1 amide bonds. The van der Waals surface area contributed by atoms with Crippen molar-refractivity contribution in [2.45, 2.75) is 31.0 Å². The molecule has 2 rings (SSSR count). The third kappa shape index (κ3) is 5.92. The molecule has 2 aromatic rings. The summed E-state index contributed by atoms with van der Waals surface area (Å²) >= 11 is 1.58. The Balaban J connectivity index is 1.76. The molecular weight excluding hydrogens is 335 g/mol. The summed E-state index contributed by atoms with van der Waals surface area (Å²) in [6.07, 6.45) is -4.05. The number of rotatable bonds is 6. The Morgan fingerprint density at radius 3 is 2.50 bits per heavy atom. The third-order valence-corrected chi connectivity index (χ3v) is 4.38. The molecule has 0 atom stereocenters. The molecule has 2 aromatic carbocycles. The number of hydrogen-bond acceptors (Lipinski definition) is 2. The van der Waals surface area contributed by atoms with Gasteiger partial charge in [0.2, 0.25) is 5.91 Å². The van der Waals surface area contributed by atoms with Crippen molar-refractivity contribution in [1.82, 2.24) is 5.32 Å². The summed E-state index contributed by atoms with van der Waals surface area (Å²) in [6, 6.07) is 13.0. The number of hydrogen-bond donors (Lipinski definition) is 1. The van der Waals surface area contributed by atoms with Gasteiger partial charge in [0.1, 0.15) is 0 Å². The van der Waals surface area contributed by atoms with Crippen LogP contribution in [0.4, 0.5) is 13.2 Å². The van der Waals surface area contributed by atoms with Crippen LogP contribution in [0, 0.1) is 6.92 Å². The van der Waals surface area contributed by atoms with Gasteiger partial charge in [-0.1, -0.05) is 29.8 Å². The van der Waals surface area contributed by atoms with E-state index < -0.39 is 11.7 Å². The zero-order valence-corrected chi connectivity index (χ0v) is 14.0. The average Bonchev–Trinajstić information content (AvgIpc) is 2.54. The second kappa shape index (κ2) is 8.24. The van der Waals surface area contributed by atoms with Gasteiger partial charge >= 0.3 is 6.18 Å². The molecular formula is C18H18F3NOS. The molecule has 1 N–H and O–H groups in total. The predicted molar refractivity (Wildman–Crippen MR) is 89.8 cm³/mol. The van der Waals surface area contributed by atoms with Crippen molar-refractivity contribution < 1.29 is 18.0 Å². The molecule has 0 unspecified atom stereocenters. The van der Waals surface area contributed by atoms with Gasteiger partial charge in [0.05, 0.1) is 5.56 Å². The molecule has 0 aliphatic heterocycles. The molecule has 24 heavy (non-hydrogen) atoms. The highest BCUT2D eigenvalue weighted by atomic mass is 32.2. The van der Waals surface area contributed by atoms with Crippen LogP contribution in [-0.2, 0) is 17.5 Å². The number of halogens is 3. The molecule has 0 saturated carbocycles. The molecule has 0 bridgehead atoms. The zero-order valence-electron chi connectivity index (χ0n) is 13.2. The summed E-state index contributed by atoms with van der Waals surface area (Å²) in [4.78, 5) is 12.9. The van der Waals surface area contributed by atoms with Crippen LogP contribution >= 0.6 is 11.8 Å². The Morgan fingerprint density at radius 2 is 1.83 bits per heavy atom. The summed E-state index contributed by atoms with van der Waals surface area (Å²) in [7, 11) is 0. The highest BCUT2D eigenvalue weighted by Gasteiger charge is 2.30. The van der Waals surface area contributed by atoms with Crippen molar-refractivity contribution >= 4 is 17.7 Å². The second-order valence-corrected chi connectivity index (χ2v) is 6.55. The lowest BCUT2D eigenvalue weighted by molar-refractivity contribution is -0.137. The molecule has 0 saturated heterocycles. The van der Waals surface area contributed by atoms with Crippen LogP contribution in [0.3, 0.4) is 0 Å². The molecule has 2 nitrogen and oxygen atoms in total. The van der Waals surface area contributed by atoms with Crippen molar-refractivity contribution in [3.63, 3.8) is 0 Å². The first kappa shape index (κ1) is 18.4. The summed E-state index contributed by atoms with van der Waals surface area (Å²) in [6.45, 7) is 2.10. The Bertz CT molecular complexity index is 683. The fraction of sp³-hybridized carbons (Fsp3) is 0.278. The van der Waals surface area contributed by atoms with Gasteiger partial charge < -0.3 is 5.32 Å². The van der Waals surface area contributed by atoms with E-state index in [0.29, 0.717) is 17.7 Å². The number of carbonyl (C=O) groups excluding carboxylic acids is 1. The van der Waals surface area contributed by atoms with Crippen LogP contribution in [0.15, 0.2) is 53.4 Å². The van der Waals surface area contributed by atoms with E-state index >= 15 is 0 Å². The maximum absolute atomic E-state index is 12.6. The number of benzene rings is 2. The van der Waals surface area contributed by atoms with Crippen LogP contribution < -0.4 is 5.32 Å². The highest BCUT2D eigenvalue weighted by molar-refractivity contribution is 7.99. The normalized spacial score (nSPS) is 11.3. The summed E-state index contributed by atoms with van der Waals surface area (Å²) in [5.41, 5.74) is 0.909. The molecule has 6 heteroatoms. The third-order valence-electron chi connectivity index (χ3n) is 3.36. The lowest BCUT2D eigenvalue weighted by Gasteiger charge is -2.09. The monoisotopic (exact) mass is 353 g/mol. The smallest absolute Gasteiger partial charge is 0.352 e. The molecule has 0 heterocycles. The minimum atomic E-state index is -4.37. The van der Waals surface area contributed by atoms with Crippen molar-refractivity contribution in [3.8, 4) is 0 Å². The molecule has 0 radical (unpaired) electrons.